The van der Waals surface area contributed by atoms with Crippen molar-refractivity contribution in [1.82, 2.24) is 10.3 Å². The Morgan fingerprint density at radius 1 is 1.69 bits per heavy atom. The summed E-state index contributed by atoms with van der Waals surface area (Å²) >= 11 is 0. The molecule has 1 rings (SSSR count). The molecule has 1 aromatic rings. The van der Waals surface area contributed by atoms with Gasteiger partial charge >= 0.3 is 0 Å². The number of H-pyrrole nitrogens is 1. The fourth-order valence-electron chi connectivity index (χ4n) is 0.994. The number of hydrogen-bond acceptors (Lipinski definition) is 2. The first-order valence-electron chi connectivity index (χ1n) is 4.08. The molecule has 4 heteroatoms. The molecule has 13 heavy (non-hydrogen) atoms. The lowest BCUT2D eigenvalue weighted by Gasteiger charge is -1.99. The number of rotatable bonds is 4. The van der Waals surface area contributed by atoms with Gasteiger partial charge in [0.15, 0.2) is 0 Å². The topological polar surface area (TPSA) is 68.7 Å². The van der Waals surface area contributed by atoms with Crippen LogP contribution in [0, 0.1) is 11.3 Å². The first kappa shape index (κ1) is 9.33. The predicted molar refractivity (Wildman–Crippen MR) is 47.7 cm³/mol. The zero-order valence-electron chi connectivity index (χ0n) is 7.21. The Morgan fingerprint density at radius 3 is 3.15 bits per heavy atom. The van der Waals surface area contributed by atoms with Crippen LogP contribution in [-0.2, 0) is 11.2 Å². The number of carbonyl (C=O) groups is 1. The Hall–Kier alpha value is -1.76. The standard InChI is InChI=1S/C9H11N3O/c10-4-1-9(13)12-6-3-8-2-5-11-7-8/h2,5,7,11H,1,3,6H2,(H,12,13). The molecule has 0 atom stereocenters. The third-order valence-electron chi connectivity index (χ3n) is 1.64. The minimum absolute atomic E-state index is 0.0624. The zero-order chi connectivity index (χ0) is 9.52. The minimum atomic E-state index is -0.210. The summed E-state index contributed by atoms with van der Waals surface area (Å²) in [6, 6.07) is 3.75. The number of nitrogens with zero attached hydrogens (tertiary/aromatic N) is 1. The summed E-state index contributed by atoms with van der Waals surface area (Å²) in [5.74, 6) is -0.210. The van der Waals surface area contributed by atoms with Crippen molar-refractivity contribution in [2.75, 3.05) is 6.54 Å². The van der Waals surface area contributed by atoms with Crippen LogP contribution in [0.4, 0.5) is 0 Å². The van der Waals surface area contributed by atoms with Gasteiger partial charge in [-0.25, -0.2) is 0 Å². The second-order valence-corrected chi connectivity index (χ2v) is 2.65. The highest BCUT2D eigenvalue weighted by molar-refractivity contribution is 5.77. The molecule has 68 valence electrons. The van der Waals surface area contributed by atoms with Crippen LogP contribution < -0.4 is 5.32 Å². The third kappa shape index (κ3) is 3.43. The number of amides is 1. The summed E-state index contributed by atoms with van der Waals surface area (Å²) in [6.45, 7) is 0.582. The van der Waals surface area contributed by atoms with E-state index in [1.807, 2.05) is 18.5 Å². The van der Waals surface area contributed by atoms with Crippen LogP contribution >= 0.6 is 0 Å². The first-order chi connectivity index (χ1) is 6.33. The summed E-state index contributed by atoms with van der Waals surface area (Å²) in [4.78, 5) is 13.8. The number of nitriles is 1. The number of nitrogens with one attached hydrogen (secondary N) is 2. The van der Waals surface area contributed by atoms with E-state index >= 15 is 0 Å². The van der Waals surface area contributed by atoms with Crippen LogP contribution in [0.5, 0.6) is 0 Å². The largest absolute Gasteiger partial charge is 0.367 e. The van der Waals surface area contributed by atoms with E-state index in [0.29, 0.717) is 6.54 Å². The lowest BCUT2D eigenvalue weighted by Crippen LogP contribution is -2.24. The molecule has 1 heterocycles. The van der Waals surface area contributed by atoms with Gasteiger partial charge in [0.05, 0.1) is 6.07 Å². The van der Waals surface area contributed by atoms with Crippen LogP contribution in [-0.4, -0.2) is 17.4 Å². The average Bonchev–Trinajstić information content (AvgIpc) is 2.57. The highest BCUT2D eigenvalue weighted by Gasteiger charge is 1.98. The molecule has 0 radical (unpaired) electrons. The molecule has 1 amide bonds. The minimum Gasteiger partial charge on any atom is -0.367 e. The molecule has 0 spiro atoms. The highest BCUT2D eigenvalue weighted by atomic mass is 16.1. The third-order valence-corrected chi connectivity index (χ3v) is 1.64. The van der Waals surface area contributed by atoms with Gasteiger partial charge in [0.1, 0.15) is 6.42 Å². The van der Waals surface area contributed by atoms with Gasteiger partial charge in [0.25, 0.3) is 0 Å². The van der Waals surface area contributed by atoms with E-state index in [-0.39, 0.29) is 12.3 Å². The van der Waals surface area contributed by atoms with Crippen molar-refractivity contribution in [1.29, 1.82) is 5.26 Å². The number of aromatic amines is 1. The molecular weight excluding hydrogens is 166 g/mol. The van der Waals surface area contributed by atoms with Crippen LogP contribution in [0.2, 0.25) is 0 Å². The van der Waals surface area contributed by atoms with Crippen molar-refractivity contribution in [3.8, 4) is 6.07 Å². The normalized spacial score (nSPS) is 9.15. The number of carbonyl (C=O) groups excluding carboxylic acids is 1. The van der Waals surface area contributed by atoms with Gasteiger partial charge in [0.2, 0.25) is 5.91 Å². The zero-order valence-corrected chi connectivity index (χ0v) is 7.21. The maximum atomic E-state index is 10.8. The maximum Gasteiger partial charge on any atom is 0.234 e. The molecule has 1 aromatic heterocycles. The van der Waals surface area contributed by atoms with Crippen molar-refractivity contribution in [2.45, 2.75) is 12.8 Å². The molecule has 0 aliphatic carbocycles. The molecule has 0 saturated carbocycles. The molecule has 0 fully saturated rings. The Labute approximate surface area is 76.6 Å². The first-order valence-corrected chi connectivity index (χ1v) is 4.08. The maximum absolute atomic E-state index is 10.8. The van der Waals surface area contributed by atoms with Crippen molar-refractivity contribution in [3.63, 3.8) is 0 Å². The Balaban J connectivity index is 2.15. The molecule has 0 aliphatic heterocycles. The van der Waals surface area contributed by atoms with Gasteiger partial charge in [0, 0.05) is 18.9 Å². The van der Waals surface area contributed by atoms with E-state index in [4.69, 9.17) is 5.26 Å². The van der Waals surface area contributed by atoms with E-state index in [1.54, 1.807) is 6.07 Å². The molecule has 4 nitrogen and oxygen atoms in total. The summed E-state index contributed by atoms with van der Waals surface area (Å²) in [5, 5.41) is 10.9. The molecule has 0 aromatic carbocycles. The van der Waals surface area contributed by atoms with Crippen molar-refractivity contribution < 1.29 is 4.79 Å². The second kappa shape index (κ2) is 4.99. The summed E-state index contributed by atoms with van der Waals surface area (Å²) in [7, 11) is 0. The average molecular weight is 177 g/mol. The van der Waals surface area contributed by atoms with Crippen LogP contribution in [0.3, 0.4) is 0 Å². The van der Waals surface area contributed by atoms with Gasteiger partial charge < -0.3 is 10.3 Å². The summed E-state index contributed by atoms with van der Waals surface area (Å²) < 4.78 is 0. The SMILES string of the molecule is N#CCC(=O)NCCc1cc[nH]c1. The fourth-order valence-corrected chi connectivity index (χ4v) is 0.994. The quantitative estimate of drug-likeness (QED) is 0.706. The van der Waals surface area contributed by atoms with Crippen molar-refractivity contribution in [3.05, 3.63) is 24.0 Å². The molecule has 0 unspecified atom stereocenters. The molecular formula is C9H11N3O. The van der Waals surface area contributed by atoms with E-state index in [2.05, 4.69) is 10.3 Å². The van der Waals surface area contributed by atoms with Crippen molar-refractivity contribution in [2.24, 2.45) is 0 Å². The lowest BCUT2D eigenvalue weighted by molar-refractivity contribution is -0.120. The molecule has 0 bridgehead atoms. The Morgan fingerprint density at radius 2 is 2.54 bits per heavy atom. The van der Waals surface area contributed by atoms with Crippen molar-refractivity contribution >= 4 is 5.91 Å². The summed E-state index contributed by atoms with van der Waals surface area (Å²) in [6.07, 6.45) is 4.46. The monoisotopic (exact) mass is 177 g/mol. The Kier molecular flexibility index (Phi) is 3.58. The highest BCUT2D eigenvalue weighted by Crippen LogP contribution is 1.95. The van der Waals surface area contributed by atoms with E-state index in [1.165, 1.54) is 0 Å². The van der Waals surface area contributed by atoms with E-state index < -0.39 is 0 Å². The molecule has 0 aliphatic rings. The summed E-state index contributed by atoms with van der Waals surface area (Å²) in [5.41, 5.74) is 1.15. The van der Waals surface area contributed by atoms with Gasteiger partial charge in [-0.15, -0.1) is 0 Å². The lowest BCUT2D eigenvalue weighted by atomic mass is 10.2. The van der Waals surface area contributed by atoms with Gasteiger partial charge in [-0.2, -0.15) is 5.26 Å². The molecule has 0 saturated heterocycles. The molecule has 2 N–H and O–H groups in total. The van der Waals surface area contributed by atoms with Gasteiger partial charge in [-0.3, -0.25) is 4.79 Å². The predicted octanol–water partition coefficient (Wildman–Crippen LogP) is 0.587. The van der Waals surface area contributed by atoms with Crippen LogP contribution in [0.1, 0.15) is 12.0 Å². The van der Waals surface area contributed by atoms with Crippen LogP contribution in [0.25, 0.3) is 0 Å². The number of hydrogen-bond donors (Lipinski definition) is 2. The second-order valence-electron chi connectivity index (χ2n) is 2.65. The van der Waals surface area contributed by atoms with Crippen LogP contribution in [0.15, 0.2) is 18.5 Å². The smallest absolute Gasteiger partial charge is 0.234 e. The van der Waals surface area contributed by atoms with Gasteiger partial charge in [-0.05, 0) is 18.1 Å². The van der Waals surface area contributed by atoms with E-state index in [0.717, 1.165) is 12.0 Å². The van der Waals surface area contributed by atoms with E-state index in [9.17, 15) is 4.79 Å². The fraction of sp³-hybridized carbons (Fsp3) is 0.333. The Bertz CT molecular complexity index is 297. The van der Waals surface area contributed by atoms with Gasteiger partial charge in [-0.1, -0.05) is 0 Å². The number of aromatic nitrogens is 1.